The molecule has 0 spiro atoms. The second-order valence-corrected chi connectivity index (χ2v) is 7.97. The van der Waals surface area contributed by atoms with E-state index >= 15 is 0 Å². The SMILES string of the molecule is O=C(O)C1(NS(=O)(=O)c2cccc3nsnc23)CCSC1. The summed E-state index contributed by atoms with van der Waals surface area (Å²) in [5.74, 6) is -0.330. The number of carboxylic acid groups (broad SMARTS) is 1. The molecule has 2 aromatic rings. The fraction of sp³-hybridized carbons (Fsp3) is 0.364. The van der Waals surface area contributed by atoms with Crippen LogP contribution in [0, 0.1) is 0 Å². The van der Waals surface area contributed by atoms with E-state index in [2.05, 4.69) is 13.5 Å². The maximum absolute atomic E-state index is 12.6. The van der Waals surface area contributed by atoms with E-state index in [1.807, 2.05) is 0 Å². The van der Waals surface area contributed by atoms with Crippen LogP contribution in [0.15, 0.2) is 23.1 Å². The van der Waals surface area contributed by atoms with Gasteiger partial charge < -0.3 is 5.11 Å². The average molecular weight is 345 g/mol. The largest absolute Gasteiger partial charge is 0.480 e. The molecule has 1 aliphatic rings. The van der Waals surface area contributed by atoms with Crippen LogP contribution in [0.3, 0.4) is 0 Å². The number of nitrogens with one attached hydrogen (secondary N) is 1. The molecule has 0 aliphatic carbocycles. The standard InChI is InChI=1S/C11H11N3O4S3/c15-10(16)11(4-5-19-6-11)14-21(17,18)8-3-1-2-7-9(8)13-20-12-7/h1-3,14H,4-6H2,(H,15,16). The summed E-state index contributed by atoms with van der Waals surface area (Å²) in [6.07, 6.45) is 0.261. The number of aliphatic carboxylic acids is 1. The summed E-state index contributed by atoms with van der Waals surface area (Å²) < 4.78 is 35.5. The first-order valence-corrected chi connectivity index (χ1v) is 9.38. The third-order valence-electron chi connectivity index (χ3n) is 3.30. The number of nitrogens with zero attached hydrogens (tertiary/aromatic N) is 2. The van der Waals surface area contributed by atoms with Crippen molar-refractivity contribution in [2.24, 2.45) is 0 Å². The first-order valence-electron chi connectivity index (χ1n) is 6.01. The number of aromatic nitrogens is 2. The van der Waals surface area contributed by atoms with Crippen LogP contribution in [-0.4, -0.2) is 45.3 Å². The molecule has 1 aromatic carbocycles. The molecule has 112 valence electrons. The van der Waals surface area contributed by atoms with E-state index in [1.165, 1.54) is 17.8 Å². The van der Waals surface area contributed by atoms with Crippen molar-refractivity contribution in [3.05, 3.63) is 18.2 Å². The molecule has 2 N–H and O–H groups in total. The molecule has 21 heavy (non-hydrogen) atoms. The van der Waals surface area contributed by atoms with Crippen LogP contribution in [0.25, 0.3) is 11.0 Å². The molecule has 0 radical (unpaired) electrons. The van der Waals surface area contributed by atoms with Gasteiger partial charge >= 0.3 is 5.97 Å². The molecular weight excluding hydrogens is 334 g/mol. The molecule has 1 fully saturated rings. The number of carboxylic acids is 1. The molecule has 0 bridgehead atoms. The topological polar surface area (TPSA) is 109 Å². The van der Waals surface area contributed by atoms with Gasteiger partial charge in [-0.3, -0.25) is 4.79 Å². The van der Waals surface area contributed by atoms with Crippen molar-refractivity contribution in [3.63, 3.8) is 0 Å². The Bertz CT molecular complexity index is 796. The zero-order valence-electron chi connectivity index (χ0n) is 10.6. The van der Waals surface area contributed by atoms with Crippen molar-refractivity contribution in [3.8, 4) is 0 Å². The minimum atomic E-state index is -3.98. The lowest BCUT2D eigenvalue weighted by molar-refractivity contribution is -0.142. The molecular formula is C11H11N3O4S3. The van der Waals surface area contributed by atoms with Crippen molar-refractivity contribution in [2.45, 2.75) is 16.9 Å². The number of fused-ring (bicyclic) bond motifs is 1. The average Bonchev–Trinajstić information content (AvgIpc) is 3.06. The highest BCUT2D eigenvalue weighted by molar-refractivity contribution is 7.99. The van der Waals surface area contributed by atoms with E-state index in [0.29, 0.717) is 11.3 Å². The molecule has 10 heteroatoms. The molecule has 1 aliphatic heterocycles. The summed E-state index contributed by atoms with van der Waals surface area (Å²) in [6.45, 7) is 0. The number of hydrogen-bond donors (Lipinski definition) is 2. The smallest absolute Gasteiger partial charge is 0.325 e. The number of benzene rings is 1. The second-order valence-electron chi connectivity index (χ2n) is 4.68. The Labute approximate surface area is 129 Å². The maximum Gasteiger partial charge on any atom is 0.325 e. The van der Waals surface area contributed by atoms with E-state index in [4.69, 9.17) is 0 Å². The lowest BCUT2D eigenvalue weighted by atomic mass is 10.0. The van der Waals surface area contributed by atoms with Crippen LogP contribution in [0.2, 0.25) is 0 Å². The highest BCUT2D eigenvalue weighted by atomic mass is 32.2. The third kappa shape index (κ3) is 2.52. The summed E-state index contributed by atoms with van der Waals surface area (Å²) in [7, 11) is -3.98. The van der Waals surface area contributed by atoms with Gasteiger partial charge in [0.25, 0.3) is 0 Å². The molecule has 7 nitrogen and oxygen atoms in total. The highest BCUT2D eigenvalue weighted by Crippen LogP contribution is 2.31. The van der Waals surface area contributed by atoms with Gasteiger partial charge in [-0.25, -0.2) is 8.42 Å². The summed E-state index contributed by atoms with van der Waals surface area (Å²) >= 11 is 2.34. The van der Waals surface area contributed by atoms with Crippen LogP contribution in [0.1, 0.15) is 6.42 Å². The second kappa shape index (κ2) is 5.20. The molecule has 3 rings (SSSR count). The van der Waals surface area contributed by atoms with Gasteiger partial charge in [0.1, 0.15) is 21.5 Å². The minimum absolute atomic E-state index is 0.0359. The van der Waals surface area contributed by atoms with E-state index < -0.39 is 21.5 Å². The Morgan fingerprint density at radius 3 is 2.86 bits per heavy atom. The zero-order chi connectivity index (χ0) is 15.1. The van der Waals surface area contributed by atoms with Crippen molar-refractivity contribution < 1.29 is 18.3 Å². The van der Waals surface area contributed by atoms with E-state index in [1.54, 1.807) is 12.1 Å². The molecule has 1 unspecified atom stereocenters. The van der Waals surface area contributed by atoms with Crippen LogP contribution in [0.4, 0.5) is 0 Å². The summed E-state index contributed by atoms with van der Waals surface area (Å²) in [6, 6.07) is 4.63. The fourth-order valence-corrected chi connectivity index (χ4v) is 5.74. The van der Waals surface area contributed by atoms with Crippen LogP contribution >= 0.6 is 23.5 Å². The van der Waals surface area contributed by atoms with Gasteiger partial charge in [-0.1, -0.05) is 6.07 Å². The van der Waals surface area contributed by atoms with E-state index in [9.17, 15) is 18.3 Å². The Morgan fingerprint density at radius 2 is 2.19 bits per heavy atom. The van der Waals surface area contributed by atoms with Gasteiger partial charge in [-0.15, -0.1) is 0 Å². The van der Waals surface area contributed by atoms with Gasteiger partial charge in [0.15, 0.2) is 0 Å². The van der Waals surface area contributed by atoms with Gasteiger partial charge in [0.2, 0.25) is 10.0 Å². The number of carbonyl (C=O) groups is 1. The van der Waals surface area contributed by atoms with Gasteiger partial charge in [0.05, 0.1) is 11.7 Å². The first-order chi connectivity index (χ1) is 9.95. The fourth-order valence-electron chi connectivity index (χ4n) is 2.17. The quantitative estimate of drug-likeness (QED) is 0.848. The Morgan fingerprint density at radius 1 is 1.38 bits per heavy atom. The van der Waals surface area contributed by atoms with Crippen LogP contribution in [-0.2, 0) is 14.8 Å². The van der Waals surface area contributed by atoms with Crippen molar-refractivity contribution >= 4 is 50.5 Å². The van der Waals surface area contributed by atoms with Crippen molar-refractivity contribution in [1.82, 2.24) is 13.5 Å². The summed E-state index contributed by atoms with van der Waals surface area (Å²) in [4.78, 5) is 11.4. The number of rotatable bonds is 4. The minimum Gasteiger partial charge on any atom is -0.480 e. The summed E-state index contributed by atoms with van der Waals surface area (Å²) in [5.41, 5.74) is -0.705. The van der Waals surface area contributed by atoms with Gasteiger partial charge in [-0.2, -0.15) is 25.2 Å². The third-order valence-corrected chi connectivity index (χ3v) is 6.60. The first kappa shape index (κ1) is 14.7. The molecule has 1 saturated heterocycles. The monoisotopic (exact) mass is 345 g/mol. The lowest BCUT2D eigenvalue weighted by Gasteiger charge is -2.24. The molecule has 2 heterocycles. The van der Waals surface area contributed by atoms with Crippen molar-refractivity contribution in [1.29, 1.82) is 0 Å². The number of thioether (sulfide) groups is 1. The number of sulfonamides is 1. The van der Waals surface area contributed by atoms with E-state index in [0.717, 1.165) is 11.7 Å². The van der Waals surface area contributed by atoms with Gasteiger partial charge in [0, 0.05) is 5.75 Å². The predicted octanol–water partition coefficient (Wildman–Crippen LogP) is 0.930. The van der Waals surface area contributed by atoms with Crippen LogP contribution in [0.5, 0.6) is 0 Å². The van der Waals surface area contributed by atoms with Crippen molar-refractivity contribution in [2.75, 3.05) is 11.5 Å². The Balaban J connectivity index is 2.05. The predicted molar refractivity (Wildman–Crippen MR) is 80.0 cm³/mol. The maximum atomic E-state index is 12.6. The molecule has 1 aromatic heterocycles. The molecule has 1 atom stereocenters. The highest BCUT2D eigenvalue weighted by Gasteiger charge is 2.45. The normalized spacial score (nSPS) is 22.7. The Hall–Kier alpha value is -1.23. The number of hydrogen-bond acceptors (Lipinski definition) is 7. The molecule has 0 amide bonds. The van der Waals surface area contributed by atoms with Crippen LogP contribution < -0.4 is 4.72 Å². The van der Waals surface area contributed by atoms with E-state index in [-0.39, 0.29) is 22.6 Å². The summed E-state index contributed by atoms with van der Waals surface area (Å²) in [5, 5.41) is 9.38. The Kier molecular flexibility index (Phi) is 3.64. The lowest BCUT2D eigenvalue weighted by Crippen LogP contribution is -2.54. The molecule has 0 saturated carbocycles. The zero-order valence-corrected chi connectivity index (χ0v) is 13.1. The van der Waals surface area contributed by atoms with Gasteiger partial charge in [-0.05, 0) is 24.3 Å².